The molecule has 10 heteroatoms. The predicted molar refractivity (Wildman–Crippen MR) is 122 cm³/mol. The van der Waals surface area contributed by atoms with Crippen LogP contribution in [0.15, 0.2) is 67.0 Å². The molecule has 7 nitrogen and oxygen atoms in total. The van der Waals surface area contributed by atoms with Gasteiger partial charge in [-0.05, 0) is 62.6 Å². The Hall–Kier alpha value is -3.73. The topological polar surface area (TPSA) is 100 Å². The van der Waals surface area contributed by atoms with Crippen LogP contribution in [0.1, 0.15) is 16.7 Å². The molecule has 4 rings (SSSR count). The van der Waals surface area contributed by atoms with Crippen molar-refractivity contribution in [1.82, 2.24) is 20.6 Å². The predicted octanol–water partition coefficient (Wildman–Crippen LogP) is 4.54. The lowest BCUT2D eigenvalue weighted by atomic mass is 9.93. The number of anilines is 2. The molecule has 2 aromatic heterocycles. The number of nitrogens with one attached hydrogen (secondary N) is 4. The second-order valence-electron chi connectivity index (χ2n) is 7.09. The van der Waals surface area contributed by atoms with Crippen molar-refractivity contribution in [1.29, 1.82) is 5.41 Å². The van der Waals surface area contributed by atoms with Crippen molar-refractivity contribution in [3.8, 4) is 0 Å². The number of aromatic amines is 1. The van der Waals surface area contributed by atoms with E-state index in [4.69, 9.17) is 5.41 Å². The van der Waals surface area contributed by atoms with Crippen LogP contribution in [0, 0.1) is 11.2 Å². The van der Waals surface area contributed by atoms with Gasteiger partial charge >= 0.3 is 0 Å². The first kappa shape index (κ1) is 23.9. The number of aromatic nitrogens is 2. The number of rotatable bonds is 6. The molecule has 0 fully saturated rings. The minimum atomic E-state index is -2.77. The highest BCUT2D eigenvalue weighted by atomic mass is 19.4. The summed E-state index contributed by atoms with van der Waals surface area (Å²) >= 11 is 0. The van der Waals surface area contributed by atoms with Crippen molar-refractivity contribution < 1.29 is 18.5 Å². The van der Waals surface area contributed by atoms with Gasteiger partial charge in [0, 0.05) is 52.1 Å². The molecule has 4 aromatic rings. The number of benzene rings is 2. The Bertz CT molecular complexity index is 1230. The molecule has 1 unspecified atom stereocenters. The Labute approximate surface area is 188 Å². The smallest absolute Gasteiger partial charge is 0.232 e. The fourth-order valence-electron chi connectivity index (χ4n) is 3.29. The van der Waals surface area contributed by atoms with Crippen LogP contribution in [0.3, 0.4) is 0 Å². The van der Waals surface area contributed by atoms with Crippen molar-refractivity contribution in [2.75, 3.05) is 19.4 Å². The Morgan fingerprint density at radius 2 is 1.82 bits per heavy atom. The molecule has 0 saturated heterocycles. The first-order valence-electron chi connectivity index (χ1n) is 9.88. The lowest BCUT2D eigenvalue weighted by molar-refractivity contribution is -0.297. The van der Waals surface area contributed by atoms with Crippen LogP contribution in [0.25, 0.3) is 11.0 Å². The molecule has 33 heavy (non-hydrogen) atoms. The van der Waals surface area contributed by atoms with Crippen LogP contribution in [0.5, 0.6) is 0 Å². The van der Waals surface area contributed by atoms with Gasteiger partial charge < -0.3 is 26.1 Å². The Kier molecular flexibility index (Phi) is 7.44. The van der Waals surface area contributed by atoms with Crippen molar-refractivity contribution in [3.63, 3.8) is 0 Å². The normalized spacial score (nSPS) is 12.7. The summed E-state index contributed by atoms with van der Waals surface area (Å²) < 4.78 is 41.1. The number of fused-ring (bicyclic) bond motifs is 1. The number of H-pyrrole nitrogens is 1. The highest BCUT2D eigenvalue weighted by Gasteiger charge is 2.43. The van der Waals surface area contributed by atoms with E-state index in [-0.39, 0.29) is 16.7 Å². The van der Waals surface area contributed by atoms with Gasteiger partial charge in [-0.3, -0.25) is 0 Å². The third kappa shape index (κ3) is 4.87. The van der Waals surface area contributed by atoms with Crippen LogP contribution >= 0.6 is 0 Å². The highest BCUT2D eigenvalue weighted by molar-refractivity contribution is 5.88. The third-order valence-corrected chi connectivity index (χ3v) is 4.80. The second kappa shape index (κ2) is 10.3. The van der Waals surface area contributed by atoms with Gasteiger partial charge in [0.05, 0.1) is 5.34 Å². The van der Waals surface area contributed by atoms with Crippen molar-refractivity contribution in [2.45, 2.75) is 5.72 Å². The third-order valence-electron chi connectivity index (χ3n) is 4.80. The van der Waals surface area contributed by atoms with Crippen LogP contribution in [0.4, 0.5) is 24.7 Å². The SMILES string of the molecule is CNC.N=Cc1cc(C(O)(c2c[nH]c3ncccc23)N(F)F)ccc1Nc1ccc(F)cc1. The number of nitrogens with zero attached hydrogens (tertiary/aromatic N) is 2. The summed E-state index contributed by atoms with van der Waals surface area (Å²) in [6.45, 7) is 0. The molecule has 1 atom stereocenters. The lowest BCUT2D eigenvalue weighted by Gasteiger charge is -2.28. The Balaban J connectivity index is 0.000000968. The molecule has 5 N–H and O–H groups in total. The first-order chi connectivity index (χ1) is 15.8. The van der Waals surface area contributed by atoms with E-state index in [9.17, 15) is 18.5 Å². The zero-order valence-corrected chi connectivity index (χ0v) is 17.9. The molecule has 0 aliphatic rings. The number of hydrogen-bond donors (Lipinski definition) is 5. The maximum atomic E-state index is 14.0. The molecular weight excluding hydrogens is 433 g/mol. The van der Waals surface area contributed by atoms with Gasteiger partial charge in [-0.15, -0.1) is 0 Å². The van der Waals surface area contributed by atoms with Crippen LogP contribution < -0.4 is 10.6 Å². The summed E-state index contributed by atoms with van der Waals surface area (Å²) in [5.41, 5.74) is -1.38. The monoisotopic (exact) mass is 456 g/mol. The zero-order chi connectivity index (χ0) is 24.0. The van der Waals surface area contributed by atoms with E-state index in [0.29, 0.717) is 22.4 Å². The van der Waals surface area contributed by atoms with E-state index >= 15 is 0 Å². The molecule has 2 aromatic carbocycles. The van der Waals surface area contributed by atoms with Gasteiger partial charge in [-0.1, -0.05) is 15.0 Å². The molecule has 0 spiro atoms. The molecule has 0 aliphatic heterocycles. The number of aliphatic hydroxyl groups is 1. The quantitative estimate of drug-likeness (QED) is 0.167. The molecule has 0 amide bonds. The largest absolute Gasteiger partial charge is 0.364 e. The number of halogens is 3. The van der Waals surface area contributed by atoms with Crippen LogP contribution in [-0.2, 0) is 5.72 Å². The molecule has 0 aliphatic carbocycles. The van der Waals surface area contributed by atoms with E-state index in [1.165, 1.54) is 54.9 Å². The van der Waals surface area contributed by atoms with Crippen molar-refractivity contribution >= 4 is 28.6 Å². The summed E-state index contributed by atoms with van der Waals surface area (Å²) in [5, 5.41) is 23.5. The van der Waals surface area contributed by atoms with Gasteiger partial charge in [0.15, 0.2) is 0 Å². The van der Waals surface area contributed by atoms with E-state index in [2.05, 4.69) is 20.6 Å². The minimum absolute atomic E-state index is 0.0780. The second-order valence-corrected chi connectivity index (χ2v) is 7.09. The van der Waals surface area contributed by atoms with Crippen LogP contribution in [0.2, 0.25) is 0 Å². The standard InChI is InChI=1S/C21H16F3N5O.C2H7N/c22-15-4-6-16(7-5-15)28-19-8-3-14(10-13(19)11-25)21(30,29(23)24)18-12-27-20-17(18)2-1-9-26-20;1-3-2/h1-12,25,28,30H,(H,26,27);3H,1-2H3. The van der Waals surface area contributed by atoms with Gasteiger partial charge in [0.1, 0.15) is 11.5 Å². The fourth-order valence-corrected chi connectivity index (χ4v) is 3.29. The van der Waals surface area contributed by atoms with E-state index in [1.54, 1.807) is 12.1 Å². The molecule has 0 saturated carbocycles. The minimum Gasteiger partial charge on any atom is -0.364 e. The average molecular weight is 456 g/mol. The highest BCUT2D eigenvalue weighted by Crippen LogP contribution is 2.39. The van der Waals surface area contributed by atoms with E-state index in [1.807, 2.05) is 14.1 Å². The molecule has 2 heterocycles. The summed E-state index contributed by atoms with van der Waals surface area (Å²) in [7, 11) is 3.75. The van der Waals surface area contributed by atoms with Gasteiger partial charge in [0.25, 0.3) is 0 Å². The summed E-state index contributed by atoms with van der Waals surface area (Å²) in [6, 6.07) is 12.8. The Morgan fingerprint density at radius 1 is 1.12 bits per heavy atom. The number of hydrogen-bond acceptors (Lipinski definition) is 6. The molecule has 0 bridgehead atoms. The summed E-state index contributed by atoms with van der Waals surface area (Å²) in [5.74, 6) is -0.396. The first-order valence-corrected chi connectivity index (χ1v) is 9.88. The van der Waals surface area contributed by atoms with E-state index in [0.717, 1.165) is 6.21 Å². The van der Waals surface area contributed by atoms with Gasteiger partial charge in [0.2, 0.25) is 5.72 Å². The Morgan fingerprint density at radius 3 is 2.45 bits per heavy atom. The zero-order valence-electron chi connectivity index (χ0n) is 17.9. The molecule has 172 valence electrons. The lowest BCUT2D eigenvalue weighted by Crippen LogP contribution is -2.37. The van der Waals surface area contributed by atoms with Gasteiger partial charge in [-0.2, -0.15) is 0 Å². The maximum absolute atomic E-state index is 14.0. The molecular formula is C23H23F3N6O. The number of pyridine rings is 1. The summed E-state index contributed by atoms with van der Waals surface area (Å²) in [6.07, 6.45) is 3.76. The fraction of sp³-hybridized carbons (Fsp3) is 0.130. The van der Waals surface area contributed by atoms with Crippen LogP contribution in [-0.4, -0.2) is 40.7 Å². The summed E-state index contributed by atoms with van der Waals surface area (Å²) in [4.78, 5) is 6.84. The van der Waals surface area contributed by atoms with E-state index < -0.39 is 16.9 Å². The average Bonchev–Trinajstić information content (AvgIpc) is 3.25. The van der Waals surface area contributed by atoms with Gasteiger partial charge in [-0.25, -0.2) is 9.37 Å². The van der Waals surface area contributed by atoms with Crippen molar-refractivity contribution in [3.05, 3.63) is 89.5 Å². The molecule has 0 radical (unpaired) electrons. The maximum Gasteiger partial charge on any atom is 0.232 e. The van der Waals surface area contributed by atoms with Crippen molar-refractivity contribution in [2.24, 2.45) is 0 Å².